The van der Waals surface area contributed by atoms with Crippen LogP contribution in [0.25, 0.3) is 0 Å². The molecule has 2 nitrogen and oxygen atoms in total. The molecule has 2 atom stereocenters. The molecule has 1 aliphatic rings. The molecule has 0 bridgehead atoms. The van der Waals surface area contributed by atoms with Crippen molar-refractivity contribution in [2.45, 2.75) is 57.7 Å². The van der Waals surface area contributed by atoms with E-state index in [4.69, 9.17) is 4.74 Å². The Morgan fingerprint density at radius 2 is 1.76 bits per heavy atom. The highest BCUT2D eigenvalue weighted by molar-refractivity contribution is 5.29. The van der Waals surface area contributed by atoms with Gasteiger partial charge < -0.3 is 9.84 Å². The Kier molecular flexibility index (Phi) is 4.06. The smallest absolute Gasteiger partial charge is 0.124 e. The van der Waals surface area contributed by atoms with Crippen LogP contribution in [0.1, 0.15) is 51.0 Å². The molecule has 1 aromatic rings. The molecule has 0 aliphatic heterocycles. The summed E-state index contributed by atoms with van der Waals surface area (Å²) in [5.41, 5.74) is 1.32. The van der Waals surface area contributed by atoms with Gasteiger partial charge in [0.05, 0.1) is 6.10 Å². The number of ether oxygens (including phenoxy) is 1. The van der Waals surface area contributed by atoms with E-state index in [1.54, 1.807) is 0 Å². The Morgan fingerprint density at radius 1 is 1.12 bits per heavy atom. The fraction of sp³-hybridized carbons (Fsp3) is 0.600. The van der Waals surface area contributed by atoms with E-state index in [1.807, 2.05) is 12.1 Å². The summed E-state index contributed by atoms with van der Waals surface area (Å²) in [6.45, 7) is 4.36. The predicted molar refractivity (Wildman–Crippen MR) is 69.4 cm³/mol. The molecule has 1 aromatic carbocycles. The zero-order valence-electron chi connectivity index (χ0n) is 10.7. The van der Waals surface area contributed by atoms with Gasteiger partial charge in [-0.1, -0.05) is 32.4 Å². The molecule has 0 unspecified atom stereocenters. The van der Waals surface area contributed by atoms with Crippen molar-refractivity contribution in [3.63, 3.8) is 0 Å². The second-order valence-electron chi connectivity index (χ2n) is 5.23. The van der Waals surface area contributed by atoms with Gasteiger partial charge in [0.15, 0.2) is 0 Å². The second kappa shape index (κ2) is 5.54. The van der Waals surface area contributed by atoms with Crippen molar-refractivity contribution < 1.29 is 9.84 Å². The van der Waals surface area contributed by atoms with Gasteiger partial charge in [-0.25, -0.2) is 0 Å². The Balaban J connectivity index is 1.98. The molecule has 0 saturated heterocycles. The van der Waals surface area contributed by atoms with Gasteiger partial charge in [0.1, 0.15) is 11.9 Å². The van der Waals surface area contributed by atoms with Crippen LogP contribution >= 0.6 is 0 Å². The molecule has 17 heavy (non-hydrogen) atoms. The quantitative estimate of drug-likeness (QED) is 0.867. The lowest BCUT2D eigenvalue weighted by molar-refractivity contribution is 0.00687. The zero-order chi connectivity index (χ0) is 12.3. The van der Waals surface area contributed by atoms with Crippen molar-refractivity contribution in [1.29, 1.82) is 0 Å². The van der Waals surface area contributed by atoms with Crippen LogP contribution in [0.3, 0.4) is 0 Å². The summed E-state index contributed by atoms with van der Waals surface area (Å²) in [7, 11) is 0. The Bertz CT molecular complexity index is 342. The van der Waals surface area contributed by atoms with E-state index in [9.17, 15) is 5.11 Å². The first kappa shape index (κ1) is 12.4. The maximum absolute atomic E-state index is 9.85. The molecule has 0 heterocycles. The summed E-state index contributed by atoms with van der Waals surface area (Å²) in [5, 5.41) is 9.85. The SMILES string of the molecule is CC(C)c1ccc(O[C@H]2CCCC[C@@H]2O)cc1. The van der Waals surface area contributed by atoms with Crippen LogP contribution in [0.4, 0.5) is 0 Å². The highest BCUT2D eigenvalue weighted by atomic mass is 16.5. The molecule has 0 radical (unpaired) electrons. The lowest BCUT2D eigenvalue weighted by atomic mass is 9.95. The minimum atomic E-state index is -0.298. The van der Waals surface area contributed by atoms with E-state index in [-0.39, 0.29) is 12.2 Å². The number of hydrogen-bond donors (Lipinski definition) is 1. The fourth-order valence-corrected chi connectivity index (χ4v) is 2.32. The largest absolute Gasteiger partial charge is 0.488 e. The first-order valence-corrected chi connectivity index (χ1v) is 6.61. The highest BCUT2D eigenvalue weighted by Crippen LogP contribution is 2.25. The lowest BCUT2D eigenvalue weighted by Crippen LogP contribution is -2.34. The molecule has 1 N–H and O–H groups in total. The van der Waals surface area contributed by atoms with Crippen molar-refractivity contribution in [1.82, 2.24) is 0 Å². The van der Waals surface area contributed by atoms with Crippen LogP contribution in [-0.2, 0) is 0 Å². The van der Waals surface area contributed by atoms with Gasteiger partial charge in [0.2, 0.25) is 0 Å². The zero-order valence-corrected chi connectivity index (χ0v) is 10.7. The monoisotopic (exact) mass is 234 g/mol. The van der Waals surface area contributed by atoms with Gasteiger partial charge in [-0.3, -0.25) is 0 Å². The Morgan fingerprint density at radius 3 is 2.35 bits per heavy atom. The molecule has 2 heteroatoms. The van der Waals surface area contributed by atoms with Crippen molar-refractivity contribution in [3.8, 4) is 5.75 Å². The number of hydrogen-bond acceptors (Lipinski definition) is 2. The molecule has 2 rings (SSSR count). The summed E-state index contributed by atoms with van der Waals surface area (Å²) in [4.78, 5) is 0. The van der Waals surface area contributed by atoms with Crippen molar-refractivity contribution in [3.05, 3.63) is 29.8 Å². The van der Waals surface area contributed by atoms with E-state index in [2.05, 4.69) is 26.0 Å². The van der Waals surface area contributed by atoms with Crippen molar-refractivity contribution in [2.75, 3.05) is 0 Å². The fourth-order valence-electron chi connectivity index (χ4n) is 2.32. The van der Waals surface area contributed by atoms with Crippen LogP contribution in [0.5, 0.6) is 5.75 Å². The van der Waals surface area contributed by atoms with Gasteiger partial charge >= 0.3 is 0 Å². The van der Waals surface area contributed by atoms with Crippen molar-refractivity contribution in [2.24, 2.45) is 0 Å². The number of benzene rings is 1. The molecule has 1 aliphatic carbocycles. The summed E-state index contributed by atoms with van der Waals surface area (Å²) < 4.78 is 5.85. The maximum Gasteiger partial charge on any atom is 0.124 e. The van der Waals surface area contributed by atoms with Crippen LogP contribution in [0.2, 0.25) is 0 Å². The Hall–Kier alpha value is -1.02. The number of aliphatic hydroxyl groups excluding tert-OH is 1. The van der Waals surface area contributed by atoms with Crippen LogP contribution in [0, 0.1) is 0 Å². The molecule has 94 valence electrons. The standard InChI is InChI=1S/C15H22O2/c1-11(2)12-7-9-13(10-8-12)17-15-6-4-3-5-14(15)16/h7-11,14-16H,3-6H2,1-2H3/t14-,15-/m0/s1. The first-order chi connectivity index (χ1) is 8.16. The van der Waals surface area contributed by atoms with Gasteiger partial charge in [0.25, 0.3) is 0 Å². The topological polar surface area (TPSA) is 29.5 Å². The third kappa shape index (κ3) is 3.22. The summed E-state index contributed by atoms with van der Waals surface area (Å²) >= 11 is 0. The second-order valence-corrected chi connectivity index (χ2v) is 5.23. The maximum atomic E-state index is 9.85. The highest BCUT2D eigenvalue weighted by Gasteiger charge is 2.24. The lowest BCUT2D eigenvalue weighted by Gasteiger charge is -2.28. The van der Waals surface area contributed by atoms with E-state index in [0.717, 1.165) is 31.4 Å². The van der Waals surface area contributed by atoms with Gasteiger partial charge in [-0.15, -0.1) is 0 Å². The molecule has 1 fully saturated rings. The van der Waals surface area contributed by atoms with E-state index < -0.39 is 0 Å². The van der Waals surface area contributed by atoms with Gasteiger partial charge in [0, 0.05) is 0 Å². The summed E-state index contributed by atoms with van der Waals surface area (Å²) in [6, 6.07) is 8.23. The molecular weight excluding hydrogens is 212 g/mol. The molecule has 0 amide bonds. The van der Waals surface area contributed by atoms with E-state index in [1.165, 1.54) is 5.56 Å². The summed E-state index contributed by atoms with van der Waals surface area (Å²) in [5.74, 6) is 1.42. The third-order valence-corrected chi connectivity index (χ3v) is 3.50. The number of rotatable bonds is 3. The molecule has 0 spiro atoms. The average molecular weight is 234 g/mol. The Labute approximate surface area is 104 Å². The minimum absolute atomic E-state index is 0.0198. The molecular formula is C15H22O2. The van der Waals surface area contributed by atoms with Crippen LogP contribution in [-0.4, -0.2) is 17.3 Å². The number of aliphatic hydroxyl groups is 1. The summed E-state index contributed by atoms with van der Waals surface area (Å²) in [6.07, 6.45) is 3.79. The van der Waals surface area contributed by atoms with E-state index >= 15 is 0 Å². The van der Waals surface area contributed by atoms with Crippen LogP contribution in [0.15, 0.2) is 24.3 Å². The van der Waals surface area contributed by atoms with Gasteiger partial charge in [-0.2, -0.15) is 0 Å². The van der Waals surface area contributed by atoms with Gasteiger partial charge in [-0.05, 0) is 42.9 Å². The predicted octanol–water partition coefficient (Wildman–Crippen LogP) is 3.49. The normalized spacial score (nSPS) is 24.9. The molecule has 1 saturated carbocycles. The first-order valence-electron chi connectivity index (χ1n) is 6.61. The van der Waals surface area contributed by atoms with E-state index in [0.29, 0.717) is 5.92 Å². The third-order valence-electron chi connectivity index (χ3n) is 3.50. The van der Waals surface area contributed by atoms with Crippen molar-refractivity contribution >= 4 is 0 Å². The van der Waals surface area contributed by atoms with Crippen LogP contribution < -0.4 is 4.74 Å². The average Bonchev–Trinajstić information content (AvgIpc) is 2.33. The molecule has 0 aromatic heterocycles. The minimum Gasteiger partial charge on any atom is -0.488 e.